The van der Waals surface area contributed by atoms with Crippen molar-refractivity contribution < 1.29 is 19.1 Å². The fourth-order valence-corrected chi connectivity index (χ4v) is 2.50. The van der Waals surface area contributed by atoms with Crippen LogP contribution < -0.4 is 0 Å². The number of amides is 1. The Morgan fingerprint density at radius 3 is 2.50 bits per heavy atom. The van der Waals surface area contributed by atoms with Crippen molar-refractivity contribution in [3.8, 4) is 0 Å². The molecule has 0 aliphatic carbocycles. The Balaban J connectivity index is 2.53. The molecule has 0 atom stereocenters. The molecule has 1 fully saturated rings. The quantitative estimate of drug-likeness (QED) is 0.427. The van der Waals surface area contributed by atoms with E-state index >= 15 is 0 Å². The van der Waals surface area contributed by atoms with E-state index in [1.165, 1.54) is 7.11 Å². The second-order valence-corrected chi connectivity index (χ2v) is 5.22. The van der Waals surface area contributed by atoms with Crippen molar-refractivity contribution in [2.45, 2.75) is 39.0 Å². The van der Waals surface area contributed by atoms with Crippen LogP contribution in [0.25, 0.3) is 0 Å². The van der Waals surface area contributed by atoms with E-state index in [9.17, 15) is 9.59 Å². The molecule has 0 aromatic rings. The molecule has 0 saturated carbocycles. The lowest BCUT2D eigenvalue weighted by atomic mass is 9.76. The fourth-order valence-electron chi connectivity index (χ4n) is 2.50. The molecule has 1 amide bonds. The van der Waals surface area contributed by atoms with Gasteiger partial charge in [-0.3, -0.25) is 4.79 Å². The van der Waals surface area contributed by atoms with E-state index in [4.69, 9.17) is 9.47 Å². The molecule has 20 heavy (non-hydrogen) atoms. The van der Waals surface area contributed by atoms with Crippen LogP contribution in [0, 0.1) is 5.41 Å². The van der Waals surface area contributed by atoms with Gasteiger partial charge in [-0.25, -0.2) is 4.79 Å². The van der Waals surface area contributed by atoms with Gasteiger partial charge in [0.2, 0.25) is 0 Å². The van der Waals surface area contributed by atoms with Crippen molar-refractivity contribution in [3.63, 3.8) is 0 Å². The van der Waals surface area contributed by atoms with Crippen molar-refractivity contribution in [1.82, 2.24) is 4.90 Å². The molecule has 0 radical (unpaired) electrons. The Morgan fingerprint density at radius 1 is 1.35 bits per heavy atom. The Morgan fingerprint density at radius 2 is 2.00 bits per heavy atom. The van der Waals surface area contributed by atoms with Gasteiger partial charge >= 0.3 is 12.1 Å². The van der Waals surface area contributed by atoms with Gasteiger partial charge in [0, 0.05) is 13.1 Å². The summed E-state index contributed by atoms with van der Waals surface area (Å²) in [5.41, 5.74) is -0.531. The zero-order valence-corrected chi connectivity index (χ0v) is 12.5. The molecule has 0 spiro atoms. The molecule has 0 unspecified atom stereocenters. The van der Waals surface area contributed by atoms with E-state index in [0.717, 1.165) is 12.8 Å². The first-order valence-electron chi connectivity index (χ1n) is 7.20. The topological polar surface area (TPSA) is 55.8 Å². The van der Waals surface area contributed by atoms with Gasteiger partial charge in [0.15, 0.2) is 0 Å². The molecule has 1 rings (SSSR count). The van der Waals surface area contributed by atoms with Crippen molar-refractivity contribution >= 4 is 12.1 Å². The average molecular weight is 283 g/mol. The monoisotopic (exact) mass is 283 g/mol. The van der Waals surface area contributed by atoms with Crippen LogP contribution >= 0.6 is 0 Å². The number of likely N-dealkylation sites (tertiary alicyclic amines) is 1. The van der Waals surface area contributed by atoms with Crippen LogP contribution in [-0.2, 0) is 14.3 Å². The van der Waals surface area contributed by atoms with Gasteiger partial charge in [0.05, 0.1) is 19.1 Å². The largest absolute Gasteiger partial charge is 0.469 e. The number of piperidine rings is 1. The summed E-state index contributed by atoms with van der Waals surface area (Å²) in [6.07, 6.45) is 5.10. The third-order valence-electron chi connectivity index (χ3n) is 3.86. The number of ether oxygens (including phenoxy) is 2. The van der Waals surface area contributed by atoms with Crippen LogP contribution in [-0.4, -0.2) is 43.8 Å². The predicted molar refractivity (Wildman–Crippen MR) is 76.3 cm³/mol. The summed E-state index contributed by atoms with van der Waals surface area (Å²) in [6.45, 7) is 7.26. The van der Waals surface area contributed by atoms with Crippen molar-refractivity contribution in [2.75, 3.05) is 26.8 Å². The lowest BCUT2D eigenvalue weighted by Gasteiger charge is -2.38. The minimum atomic E-state index is -0.531. The SMILES string of the molecule is C=CCC1(C(=O)OC)CCN(C(=O)OCCCC)CC1. The normalized spacial score (nSPS) is 17.4. The summed E-state index contributed by atoms with van der Waals surface area (Å²) in [4.78, 5) is 25.5. The third kappa shape index (κ3) is 3.99. The Bertz CT molecular complexity index is 346. The van der Waals surface area contributed by atoms with Gasteiger partial charge in [0.25, 0.3) is 0 Å². The summed E-state index contributed by atoms with van der Waals surface area (Å²) in [5, 5.41) is 0. The van der Waals surface area contributed by atoms with Gasteiger partial charge < -0.3 is 14.4 Å². The van der Waals surface area contributed by atoms with Crippen molar-refractivity contribution in [2.24, 2.45) is 5.41 Å². The Labute approximate surface area is 120 Å². The van der Waals surface area contributed by atoms with Crippen LogP contribution in [0.1, 0.15) is 39.0 Å². The zero-order valence-electron chi connectivity index (χ0n) is 12.5. The smallest absolute Gasteiger partial charge is 0.409 e. The van der Waals surface area contributed by atoms with Crippen molar-refractivity contribution in [1.29, 1.82) is 0 Å². The number of carbonyl (C=O) groups is 2. The van der Waals surface area contributed by atoms with Gasteiger partial charge in [-0.15, -0.1) is 6.58 Å². The molecule has 1 saturated heterocycles. The third-order valence-corrected chi connectivity index (χ3v) is 3.86. The second-order valence-electron chi connectivity index (χ2n) is 5.22. The molecule has 0 aromatic carbocycles. The predicted octanol–water partition coefficient (Wildman–Crippen LogP) is 2.75. The number of nitrogens with zero attached hydrogens (tertiary/aromatic N) is 1. The molecule has 1 aliphatic heterocycles. The number of unbranched alkanes of at least 4 members (excludes halogenated alkanes) is 1. The molecular weight excluding hydrogens is 258 g/mol. The maximum Gasteiger partial charge on any atom is 0.409 e. The molecule has 1 heterocycles. The number of rotatable bonds is 6. The molecule has 1 aliphatic rings. The number of carbonyl (C=O) groups excluding carboxylic acids is 2. The molecular formula is C15H25NO4. The van der Waals surface area contributed by atoms with E-state index in [2.05, 4.69) is 13.5 Å². The Hall–Kier alpha value is -1.52. The fraction of sp³-hybridized carbons (Fsp3) is 0.733. The number of hydrogen-bond donors (Lipinski definition) is 0. The van der Waals surface area contributed by atoms with Crippen LogP contribution in [0.15, 0.2) is 12.7 Å². The highest BCUT2D eigenvalue weighted by Crippen LogP contribution is 2.36. The number of hydrogen-bond acceptors (Lipinski definition) is 4. The molecule has 5 heteroatoms. The standard InChI is InChI=1S/C15H25NO4/c1-4-6-12-20-14(18)16-10-8-15(7-5-2,9-11-16)13(17)19-3/h5H,2,4,6-12H2,1,3H3. The first-order valence-corrected chi connectivity index (χ1v) is 7.20. The van der Waals surface area contributed by atoms with Crippen LogP contribution in [0.4, 0.5) is 4.79 Å². The molecule has 0 aromatic heterocycles. The van der Waals surface area contributed by atoms with E-state index in [-0.39, 0.29) is 12.1 Å². The van der Waals surface area contributed by atoms with Crippen LogP contribution in [0.2, 0.25) is 0 Å². The number of allylic oxidation sites excluding steroid dienone is 1. The molecule has 114 valence electrons. The summed E-state index contributed by atoms with van der Waals surface area (Å²) in [5.74, 6) is -0.212. The highest BCUT2D eigenvalue weighted by atomic mass is 16.6. The average Bonchev–Trinajstić information content (AvgIpc) is 2.47. The highest BCUT2D eigenvalue weighted by Gasteiger charge is 2.42. The maximum absolute atomic E-state index is 12.0. The molecule has 0 bridgehead atoms. The van der Waals surface area contributed by atoms with E-state index in [0.29, 0.717) is 39.0 Å². The maximum atomic E-state index is 12.0. The van der Waals surface area contributed by atoms with E-state index < -0.39 is 5.41 Å². The van der Waals surface area contributed by atoms with Gasteiger partial charge in [0.1, 0.15) is 0 Å². The van der Waals surface area contributed by atoms with Crippen molar-refractivity contribution in [3.05, 3.63) is 12.7 Å². The summed E-state index contributed by atoms with van der Waals surface area (Å²) < 4.78 is 10.1. The lowest BCUT2D eigenvalue weighted by Crippen LogP contribution is -2.47. The summed E-state index contributed by atoms with van der Waals surface area (Å²) in [7, 11) is 1.40. The molecule has 0 N–H and O–H groups in total. The lowest BCUT2D eigenvalue weighted by molar-refractivity contribution is -0.155. The summed E-state index contributed by atoms with van der Waals surface area (Å²) >= 11 is 0. The first-order chi connectivity index (χ1) is 9.59. The summed E-state index contributed by atoms with van der Waals surface area (Å²) in [6, 6.07) is 0. The number of methoxy groups -OCH3 is 1. The second kappa shape index (κ2) is 7.92. The van der Waals surface area contributed by atoms with E-state index in [1.54, 1.807) is 11.0 Å². The van der Waals surface area contributed by atoms with Crippen LogP contribution in [0.3, 0.4) is 0 Å². The van der Waals surface area contributed by atoms with E-state index in [1.807, 2.05) is 0 Å². The first kappa shape index (κ1) is 16.5. The highest BCUT2D eigenvalue weighted by molar-refractivity contribution is 5.77. The van der Waals surface area contributed by atoms with Gasteiger partial charge in [-0.2, -0.15) is 0 Å². The number of esters is 1. The molecule has 5 nitrogen and oxygen atoms in total. The Kier molecular flexibility index (Phi) is 6.55. The minimum Gasteiger partial charge on any atom is -0.469 e. The van der Waals surface area contributed by atoms with Gasteiger partial charge in [-0.1, -0.05) is 19.4 Å². The van der Waals surface area contributed by atoms with Crippen LogP contribution in [0.5, 0.6) is 0 Å². The minimum absolute atomic E-state index is 0.212. The van der Waals surface area contributed by atoms with Gasteiger partial charge in [-0.05, 0) is 25.7 Å². The zero-order chi connectivity index (χ0) is 15.0.